The summed E-state index contributed by atoms with van der Waals surface area (Å²) in [6.45, 7) is 0. The summed E-state index contributed by atoms with van der Waals surface area (Å²) in [5, 5.41) is 24.4. The Morgan fingerprint density at radius 1 is 1.12 bits per heavy atom. The van der Waals surface area contributed by atoms with Crippen molar-refractivity contribution in [2.75, 3.05) is 16.4 Å². The summed E-state index contributed by atoms with van der Waals surface area (Å²) in [6.07, 6.45) is 1.83. The summed E-state index contributed by atoms with van der Waals surface area (Å²) < 4.78 is 0. The van der Waals surface area contributed by atoms with Crippen LogP contribution in [0.15, 0.2) is 41.4 Å². The normalized spacial score (nSPS) is 13.1. The Labute approximate surface area is 152 Å². The zero-order valence-electron chi connectivity index (χ0n) is 13.5. The average molecular weight is 373 g/mol. The first-order valence-electron chi connectivity index (χ1n) is 7.83. The minimum Gasteiger partial charge on any atom is -0.325 e. The molecule has 0 spiro atoms. The molecule has 2 amide bonds. The molecule has 10 heteroatoms. The van der Waals surface area contributed by atoms with Gasteiger partial charge < -0.3 is 10.6 Å². The number of nitrogens with one attached hydrogen (secondary N) is 2. The quantitative estimate of drug-likeness (QED) is 0.433. The number of hydrogen-bond acceptors (Lipinski definition) is 7. The number of nitrogens with zero attached hydrogens (tertiary/aromatic N) is 3. The molecule has 1 aromatic heterocycles. The van der Waals surface area contributed by atoms with Crippen LogP contribution in [0.1, 0.15) is 12.8 Å². The summed E-state index contributed by atoms with van der Waals surface area (Å²) in [5.41, 5.74) is 0.437. The first-order valence-corrected chi connectivity index (χ1v) is 8.81. The SMILES string of the molecule is O=C(CSc1ccc(NC(=O)C2CC2)nn1)Nc1ccc([N+](=O)[O-])cc1. The summed E-state index contributed by atoms with van der Waals surface area (Å²) in [7, 11) is 0. The van der Waals surface area contributed by atoms with E-state index in [0.717, 1.165) is 12.8 Å². The monoisotopic (exact) mass is 373 g/mol. The van der Waals surface area contributed by atoms with Crippen LogP contribution in [0.3, 0.4) is 0 Å². The Bertz CT molecular complexity index is 822. The Morgan fingerprint density at radius 3 is 2.42 bits per heavy atom. The van der Waals surface area contributed by atoms with E-state index in [4.69, 9.17) is 0 Å². The van der Waals surface area contributed by atoms with Gasteiger partial charge in [-0.3, -0.25) is 19.7 Å². The number of nitro groups is 1. The average Bonchev–Trinajstić information content (AvgIpc) is 3.47. The second-order valence-electron chi connectivity index (χ2n) is 5.66. The fourth-order valence-corrected chi connectivity index (χ4v) is 2.65. The van der Waals surface area contributed by atoms with Crippen molar-refractivity contribution in [3.8, 4) is 0 Å². The number of carbonyl (C=O) groups is 2. The van der Waals surface area contributed by atoms with Crippen molar-refractivity contribution in [3.63, 3.8) is 0 Å². The fourth-order valence-electron chi connectivity index (χ4n) is 2.04. The molecule has 26 heavy (non-hydrogen) atoms. The molecule has 1 aromatic carbocycles. The predicted octanol–water partition coefficient (Wildman–Crippen LogP) is 2.46. The number of aromatic nitrogens is 2. The topological polar surface area (TPSA) is 127 Å². The van der Waals surface area contributed by atoms with Gasteiger partial charge in [0.25, 0.3) is 5.69 Å². The molecular formula is C16H15N5O4S. The van der Waals surface area contributed by atoms with Crippen LogP contribution >= 0.6 is 11.8 Å². The number of hydrogen-bond donors (Lipinski definition) is 2. The van der Waals surface area contributed by atoms with Crippen molar-refractivity contribution in [2.45, 2.75) is 17.9 Å². The molecule has 1 aliphatic carbocycles. The Hall–Kier alpha value is -3.01. The molecule has 9 nitrogen and oxygen atoms in total. The number of carbonyl (C=O) groups excluding carboxylic acids is 2. The summed E-state index contributed by atoms with van der Waals surface area (Å²) in [5.74, 6) is 0.286. The second kappa shape index (κ2) is 7.91. The van der Waals surface area contributed by atoms with Gasteiger partial charge in [-0.25, -0.2) is 0 Å². The third kappa shape index (κ3) is 4.99. The van der Waals surface area contributed by atoms with Crippen LogP contribution in [-0.2, 0) is 9.59 Å². The van der Waals surface area contributed by atoms with E-state index in [1.54, 1.807) is 12.1 Å². The van der Waals surface area contributed by atoms with Gasteiger partial charge in [-0.15, -0.1) is 10.2 Å². The van der Waals surface area contributed by atoms with Crippen molar-refractivity contribution >= 4 is 40.8 Å². The number of thioether (sulfide) groups is 1. The highest BCUT2D eigenvalue weighted by Crippen LogP contribution is 2.30. The lowest BCUT2D eigenvalue weighted by Gasteiger charge is -2.05. The standard InChI is InChI=1S/C16H15N5O4S/c22-14(17-11-3-5-12(6-4-11)21(24)25)9-26-15-8-7-13(19-20-15)18-16(23)10-1-2-10/h3-8,10H,1-2,9H2,(H,17,22)(H,18,19,23). The number of anilines is 2. The smallest absolute Gasteiger partial charge is 0.269 e. The number of benzene rings is 1. The molecule has 1 aliphatic rings. The molecule has 3 rings (SSSR count). The van der Waals surface area contributed by atoms with Crippen molar-refractivity contribution in [1.29, 1.82) is 0 Å². The molecule has 1 heterocycles. The number of nitro benzene ring substituents is 1. The summed E-state index contributed by atoms with van der Waals surface area (Å²) >= 11 is 1.20. The van der Waals surface area contributed by atoms with Gasteiger partial charge in [0.15, 0.2) is 5.82 Å². The van der Waals surface area contributed by atoms with Gasteiger partial charge in [0, 0.05) is 23.7 Å². The molecular weight excluding hydrogens is 358 g/mol. The lowest BCUT2D eigenvalue weighted by Crippen LogP contribution is -2.15. The molecule has 0 unspecified atom stereocenters. The van der Waals surface area contributed by atoms with Crippen LogP contribution < -0.4 is 10.6 Å². The second-order valence-corrected chi connectivity index (χ2v) is 6.66. The molecule has 2 N–H and O–H groups in total. The van der Waals surface area contributed by atoms with Crippen LogP contribution in [0.4, 0.5) is 17.2 Å². The zero-order chi connectivity index (χ0) is 18.5. The van der Waals surface area contributed by atoms with Gasteiger partial charge >= 0.3 is 0 Å². The van der Waals surface area contributed by atoms with E-state index >= 15 is 0 Å². The summed E-state index contributed by atoms with van der Waals surface area (Å²) in [4.78, 5) is 33.6. The fraction of sp³-hybridized carbons (Fsp3) is 0.250. The number of rotatable bonds is 7. The maximum absolute atomic E-state index is 11.9. The molecule has 1 fully saturated rings. The highest BCUT2D eigenvalue weighted by Gasteiger charge is 2.29. The Balaban J connectivity index is 1.46. The third-order valence-electron chi connectivity index (χ3n) is 3.55. The molecule has 0 atom stereocenters. The van der Waals surface area contributed by atoms with E-state index in [-0.39, 0.29) is 29.2 Å². The number of non-ortho nitro benzene ring substituents is 1. The van der Waals surface area contributed by atoms with E-state index in [9.17, 15) is 19.7 Å². The Morgan fingerprint density at radius 2 is 1.85 bits per heavy atom. The molecule has 0 aliphatic heterocycles. The zero-order valence-corrected chi connectivity index (χ0v) is 14.4. The molecule has 2 aromatic rings. The van der Waals surface area contributed by atoms with Crippen molar-refractivity contribution in [1.82, 2.24) is 10.2 Å². The maximum Gasteiger partial charge on any atom is 0.269 e. The summed E-state index contributed by atoms with van der Waals surface area (Å²) in [6, 6.07) is 8.91. The minimum absolute atomic E-state index is 0.0396. The lowest BCUT2D eigenvalue weighted by molar-refractivity contribution is -0.384. The van der Waals surface area contributed by atoms with Crippen LogP contribution in [-0.4, -0.2) is 32.7 Å². The van der Waals surface area contributed by atoms with E-state index in [1.807, 2.05) is 0 Å². The van der Waals surface area contributed by atoms with Crippen molar-refractivity contribution in [2.24, 2.45) is 5.92 Å². The number of amides is 2. The maximum atomic E-state index is 11.9. The highest BCUT2D eigenvalue weighted by atomic mass is 32.2. The van der Waals surface area contributed by atoms with E-state index < -0.39 is 4.92 Å². The van der Waals surface area contributed by atoms with Gasteiger partial charge in [0.05, 0.1) is 10.7 Å². The van der Waals surface area contributed by atoms with E-state index in [0.29, 0.717) is 16.5 Å². The van der Waals surface area contributed by atoms with Crippen LogP contribution in [0.25, 0.3) is 0 Å². The first-order chi connectivity index (χ1) is 12.5. The van der Waals surface area contributed by atoms with Crippen LogP contribution in [0.5, 0.6) is 0 Å². The van der Waals surface area contributed by atoms with Gasteiger partial charge in [0.2, 0.25) is 11.8 Å². The van der Waals surface area contributed by atoms with E-state index in [2.05, 4.69) is 20.8 Å². The van der Waals surface area contributed by atoms with Crippen molar-refractivity contribution in [3.05, 3.63) is 46.5 Å². The highest BCUT2D eigenvalue weighted by molar-refractivity contribution is 7.99. The predicted molar refractivity (Wildman–Crippen MR) is 95.8 cm³/mol. The van der Waals surface area contributed by atoms with Gasteiger partial charge in [-0.2, -0.15) is 0 Å². The molecule has 134 valence electrons. The largest absolute Gasteiger partial charge is 0.325 e. The van der Waals surface area contributed by atoms with Crippen LogP contribution in [0, 0.1) is 16.0 Å². The molecule has 0 bridgehead atoms. The van der Waals surface area contributed by atoms with Crippen LogP contribution in [0.2, 0.25) is 0 Å². The molecule has 0 saturated heterocycles. The third-order valence-corrected chi connectivity index (χ3v) is 4.47. The molecule has 0 radical (unpaired) electrons. The van der Waals surface area contributed by atoms with Gasteiger partial charge in [-0.05, 0) is 37.1 Å². The lowest BCUT2D eigenvalue weighted by atomic mass is 10.3. The Kier molecular flexibility index (Phi) is 5.42. The van der Waals surface area contributed by atoms with Gasteiger partial charge in [0.1, 0.15) is 5.03 Å². The van der Waals surface area contributed by atoms with Gasteiger partial charge in [-0.1, -0.05) is 11.8 Å². The van der Waals surface area contributed by atoms with E-state index in [1.165, 1.54) is 36.0 Å². The minimum atomic E-state index is -0.503. The molecule has 1 saturated carbocycles. The van der Waals surface area contributed by atoms with Crippen molar-refractivity contribution < 1.29 is 14.5 Å². The first kappa shape index (κ1) is 17.8.